The Morgan fingerprint density at radius 2 is 0.267 bits per heavy atom. The van der Waals surface area contributed by atoms with Crippen molar-refractivity contribution < 1.29 is 24.3 Å². The van der Waals surface area contributed by atoms with E-state index in [-0.39, 0.29) is 19.5 Å². The summed E-state index contributed by atoms with van der Waals surface area (Å²) >= 11 is 0. The van der Waals surface area contributed by atoms with Gasteiger partial charge in [-0.3, -0.25) is 0 Å². The van der Waals surface area contributed by atoms with Gasteiger partial charge in [0.15, 0.2) is 0 Å². The molecule has 9 rings (SSSR count). The molecule has 0 radical (unpaired) electrons. The maximum atomic E-state index is 8.00. The van der Waals surface area contributed by atoms with Crippen molar-refractivity contribution in [3.8, 4) is 0 Å². The van der Waals surface area contributed by atoms with Gasteiger partial charge in [0.2, 0.25) is 0 Å². The fourth-order valence-corrected chi connectivity index (χ4v) is 13.5. The van der Waals surface area contributed by atoms with Crippen LogP contribution in [0.25, 0.3) is 0 Å². The Balaban J connectivity index is 0.000000166. The Hall–Kier alpha value is -5.44. The van der Waals surface area contributed by atoms with E-state index in [1.807, 2.05) is 6.79 Å². The van der Waals surface area contributed by atoms with Crippen molar-refractivity contribution in [1.29, 1.82) is 0 Å². The summed E-state index contributed by atoms with van der Waals surface area (Å²) in [6, 6.07) is 97.0. The van der Waals surface area contributed by atoms with E-state index in [4.69, 9.17) is 4.79 Å². The van der Waals surface area contributed by atoms with Crippen molar-refractivity contribution in [2.24, 2.45) is 0 Å². The van der Waals surface area contributed by atoms with Crippen LogP contribution in [0, 0.1) is 0 Å². The van der Waals surface area contributed by atoms with E-state index >= 15 is 0 Å². The molecule has 5 heteroatoms. The zero-order valence-electron chi connectivity index (χ0n) is 33.3. The normalized spacial score (nSPS) is 10.1. The van der Waals surface area contributed by atoms with Crippen molar-refractivity contribution in [1.82, 2.24) is 0 Å². The second kappa shape index (κ2) is 25.9. The molecular formula is C55H49OP3Ru. The van der Waals surface area contributed by atoms with Gasteiger partial charge >= 0.3 is 19.5 Å². The molecule has 0 aromatic heterocycles. The molecule has 0 saturated heterocycles. The van der Waals surface area contributed by atoms with Gasteiger partial charge < -0.3 is 4.79 Å². The Labute approximate surface area is 373 Å². The SMILES string of the molecule is C=O.[RuH2].c1ccc(P(c2ccccc2)c2ccccc2)cc1.c1ccc(P(c2ccccc2)c2ccccc2)cc1.c1ccc(P(c2ccccc2)c2ccccc2)cc1. The van der Waals surface area contributed by atoms with E-state index in [9.17, 15) is 0 Å². The van der Waals surface area contributed by atoms with Crippen molar-refractivity contribution in [2.45, 2.75) is 0 Å². The molecule has 0 heterocycles. The van der Waals surface area contributed by atoms with Crippen LogP contribution in [-0.2, 0) is 24.3 Å². The predicted molar refractivity (Wildman–Crippen MR) is 265 cm³/mol. The zero-order chi connectivity index (χ0) is 40.7. The quantitative estimate of drug-likeness (QED) is 0.104. The molecule has 0 atom stereocenters. The molecule has 298 valence electrons. The molecule has 9 aromatic carbocycles. The van der Waals surface area contributed by atoms with Gasteiger partial charge in [0.25, 0.3) is 0 Å². The molecule has 0 bridgehead atoms. The summed E-state index contributed by atoms with van der Waals surface area (Å²) in [4.78, 5) is 8.00. The third-order valence-corrected chi connectivity index (χ3v) is 16.5. The number of carbonyl (C=O) groups excluding carboxylic acids is 1. The minimum absolute atomic E-state index is 0. The van der Waals surface area contributed by atoms with Crippen LogP contribution in [0.2, 0.25) is 0 Å². The number of hydrogen-bond donors (Lipinski definition) is 0. The smallest absolute Gasteiger partial charge is 0.0134 e. The van der Waals surface area contributed by atoms with Crippen LogP contribution in [0.15, 0.2) is 273 Å². The molecule has 0 aliphatic rings. The molecule has 0 spiro atoms. The minimum Gasteiger partial charge on any atom is -0.0622 e. The molecule has 0 unspecified atom stereocenters. The summed E-state index contributed by atoms with van der Waals surface area (Å²) in [5, 5.41) is 12.6. The van der Waals surface area contributed by atoms with Crippen LogP contribution < -0.4 is 47.7 Å². The Morgan fingerprint density at radius 3 is 0.350 bits per heavy atom. The minimum atomic E-state index is -0.446. The molecule has 0 N–H and O–H groups in total. The zero-order valence-corrected chi connectivity index (χ0v) is 38.0. The Kier molecular flexibility index (Phi) is 19.7. The molecule has 0 aliphatic heterocycles. The summed E-state index contributed by atoms with van der Waals surface area (Å²) in [5.41, 5.74) is 0. The van der Waals surface area contributed by atoms with Gasteiger partial charge in [-0.25, -0.2) is 0 Å². The van der Waals surface area contributed by atoms with E-state index in [0.717, 1.165) is 0 Å². The molecule has 1 nitrogen and oxygen atoms in total. The van der Waals surface area contributed by atoms with Crippen molar-refractivity contribution in [3.05, 3.63) is 273 Å². The maximum Gasteiger partial charge on any atom is -0.0134 e. The third-order valence-electron chi connectivity index (χ3n) is 9.13. The first-order chi connectivity index (χ1) is 29.3. The fraction of sp³-hybridized carbons (Fsp3) is 0. The van der Waals surface area contributed by atoms with E-state index in [1.165, 1.54) is 47.7 Å². The average Bonchev–Trinajstić information content (AvgIpc) is 3.34. The summed E-state index contributed by atoms with van der Waals surface area (Å²) in [6.45, 7) is 2.00. The second-order valence-electron chi connectivity index (χ2n) is 13.0. The summed E-state index contributed by atoms with van der Waals surface area (Å²) in [7, 11) is -1.34. The monoisotopic (exact) mass is 920 g/mol. The van der Waals surface area contributed by atoms with E-state index in [1.54, 1.807) is 0 Å². The van der Waals surface area contributed by atoms with Crippen LogP contribution in [0.3, 0.4) is 0 Å². The average molecular weight is 920 g/mol. The molecule has 9 aromatic rings. The number of rotatable bonds is 9. The van der Waals surface area contributed by atoms with E-state index in [0.29, 0.717) is 0 Å². The molecule has 0 amide bonds. The Bertz CT molecular complexity index is 1890. The second-order valence-corrected chi connectivity index (χ2v) is 19.7. The number of benzene rings is 9. The van der Waals surface area contributed by atoms with Crippen LogP contribution >= 0.6 is 23.8 Å². The summed E-state index contributed by atoms with van der Waals surface area (Å²) in [5.74, 6) is 0. The van der Waals surface area contributed by atoms with Gasteiger partial charge in [-0.15, -0.1) is 0 Å². The van der Waals surface area contributed by atoms with Gasteiger partial charge in [-0.2, -0.15) is 0 Å². The number of carbonyl (C=O) groups is 1. The van der Waals surface area contributed by atoms with Crippen LogP contribution in [0.5, 0.6) is 0 Å². The molecule has 0 aliphatic carbocycles. The van der Waals surface area contributed by atoms with Crippen LogP contribution in [0.1, 0.15) is 0 Å². The molecular weight excluding hydrogens is 871 g/mol. The van der Waals surface area contributed by atoms with Crippen LogP contribution in [-0.4, -0.2) is 6.79 Å². The molecule has 0 saturated carbocycles. The fourth-order valence-electron chi connectivity index (χ4n) is 6.54. The van der Waals surface area contributed by atoms with E-state index < -0.39 is 23.8 Å². The predicted octanol–water partition coefficient (Wildman–Crippen LogP) is 9.61. The van der Waals surface area contributed by atoms with E-state index in [2.05, 4.69) is 273 Å². The van der Waals surface area contributed by atoms with Gasteiger partial charge in [-0.05, 0) is 71.5 Å². The Morgan fingerprint density at radius 1 is 0.183 bits per heavy atom. The first kappa shape index (κ1) is 45.6. The molecule has 0 fully saturated rings. The standard InChI is InChI=1S/3C18H15P.CH2O.Ru.2H/c3*1-4-10-16(11-5-1)19(17-12-6-2-7-13-17)18-14-8-3-9-15-18;1-2;;;/h3*1-15H;1H2;;;. The third kappa shape index (κ3) is 13.3. The van der Waals surface area contributed by atoms with Crippen molar-refractivity contribution in [3.63, 3.8) is 0 Å². The maximum absolute atomic E-state index is 8.00. The van der Waals surface area contributed by atoms with Crippen molar-refractivity contribution >= 4 is 78.3 Å². The summed E-state index contributed by atoms with van der Waals surface area (Å²) in [6.07, 6.45) is 0. The summed E-state index contributed by atoms with van der Waals surface area (Å²) < 4.78 is 0. The largest absolute Gasteiger partial charge is 0.0622 e. The van der Waals surface area contributed by atoms with Gasteiger partial charge in [0.05, 0.1) is 0 Å². The first-order valence-electron chi connectivity index (χ1n) is 19.5. The van der Waals surface area contributed by atoms with Gasteiger partial charge in [0, 0.05) is 0 Å². The number of hydrogen-bond acceptors (Lipinski definition) is 1. The molecule has 60 heavy (non-hydrogen) atoms. The van der Waals surface area contributed by atoms with Gasteiger partial charge in [0.1, 0.15) is 6.79 Å². The van der Waals surface area contributed by atoms with Crippen molar-refractivity contribution in [2.75, 3.05) is 0 Å². The topological polar surface area (TPSA) is 17.1 Å². The van der Waals surface area contributed by atoms with Gasteiger partial charge in [-0.1, -0.05) is 273 Å². The first-order valence-corrected chi connectivity index (χ1v) is 23.5. The van der Waals surface area contributed by atoms with Crippen LogP contribution in [0.4, 0.5) is 0 Å².